The summed E-state index contributed by atoms with van der Waals surface area (Å²) in [5, 5.41) is 30.1. The van der Waals surface area contributed by atoms with Gasteiger partial charge in [0.15, 0.2) is 0 Å². The molecule has 0 aromatic heterocycles. The maximum absolute atomic E-state index is 11.9. The van der Waals surface area contributed by atoms with Crippen molar-refractivity contribution in [1.29, 1.82) is 0 Å². The first-order valence-corrected chi connectivity index (χ1v) is 8.43. The zero-order valence-electron chi connectivity index (χ0n) is 15.5. The van der Waals surface area contributed by atoms with Crippen LogP contribution < -0.4 is 4.74 Å². The summed E-state index contributed by atoms with van der Waals surface area (Å²) in [6.45, 7) is -0.789. The van der Waals surface area contributed by atoms with Gasteiger partial charge in [-0.3, -0.25) is 0 Å². The van der Waals surface area contributed by atoms with E-state index in [2.05, 4.69) is 4.74 Å². The summed E-state index contributed by atoms with van der Waals surface area (Å²) in [5.41, 5.74) is 0.305. The molecule has 0 heterocycles. The highest BCUT2D eigenvalue weighted by Crippen LogP contribution is 2.33. The fourth-order valence-corrected chi connectivity index (χ4v) is 2.72. The standard InChI is InChI=1S/C20H22O8/c1-26-19(24)13-6-3-4-9-17(13)28-11-15(16(22)10-21)12-7-5-8-14(18(12)23)20(25)27-2/h3-9,15-16,21-23H,10-11H2,1-2H3. The molecule has 150 valence electrons. The molecule has 0 aliphatic heterocycles. The highest BCUT2D eigenvalue weighted by Gasteiger charge is 2.27. The van der Waals surface area contributed by atoms with Crippen molar-refractivity contribution in [2.75, 3.05) is 27.4 Å². The van der Waals surface area contributed by atoms with Crippen LogP contribution in [0, 0.1) is 0 Å². The molecule has 2 rings (SSSR count). The fourth-order valence-electron chi connectivity index (χ4n) is 2.72. The lowest BCUT2D eigenvalue weighted by Crippen LogP contribution is -2.28. The molecule has 0 radical (unpaired) electrons. The summed E-state index contributed by atoms with van der Waals surface area (Å²) in [5.74, 6) is -2.39. The SMILES string of the molecule is COC(=O)c1ccccc1OCC(c1cccc(C(=O)OC)c1O)C(O)CO. The Morgan fingerprint density at radius 3 is 2.21 bits per heavy atom. The Bertz CT molecular complexity index is 833. The van der Waals surface area contributed by atoms with E-state index in [4.69, 9.17) is 9.47 Å². The first-order valence-electron chi connectivity index (χ1n) is 8.43. The first kappa shape index (κ1) is 21.2. The number of rotatable bonds is 8. The van der Waals surface area contributed by atoms with Gasteiger partial charge in [-0.25, -0.2) is 9.59 Å². The molecule has 0 saturated heterocycles. The maximum atomic E-state index is 11.9. The van der Waals surface area contributed by atoms with Crippen molar-refractivity contribution in [3.05, 3.63) is 59.2 Å². The molecule has 8 heteroatoms. The van der Waals surface area contributed by atoms with Crippen molar-refractivity contribution in [2.24, 2.45) is 0 Å². The van der Waals surface area contributed by atoms with Crippen molar-refractivity contribution >= 4 is 11.9 Å². The topological polar surface area (TPSA) is 123 Å². The molecule has 0 fully saturated rings. The summed E-state index contributed by atoms with van der Waals surface area (Å²) >= 11 is 0. The normalized spacial score (nSPS) is 12.7. The van der Waals surface area contributed by atoms with Gasteiger partial charge < -0.3 is 29.5 Å². The van der Waals surface area contributed by atoms with E-state index in [0.29, 0.717) is 0 Å². The molecule has 28 heavy (non-hydrogen) atoms. The number of aromatic hydroxyl groups is 1. The third kappa shape index (κ3) is 4.59. The Kier molecular flexibility index (Phi) is 7.36. The van der Waals surface area contributed by atoms with Gasteiger partial charge in [0.05, 0.1) is 39.5 Å². The summed E-state index contributed by atoms with van der Waals surface area (Å²) in [7, 11) is 2.43. The lowest BCUT2D eigenvalue weighted by Gasteiger charge is -2.24. The second kappa shape index (κ2) is 9.72. The van der Waals surface area contributed by atoms with Crippen LogP contribution >= 0.6 is 0 Å². The van der Waals surface area contributed by atoms with Crippen LogP contribution in [-0.4, -0.2) is 60.8 Å². The number of aliphatic hydroxyl groups is 2. The van der Waals surface area contributed by atoms with Gasteiger partial charge in [0.25, 0.3) is 0 Å². The van der Waals surface area contributed by atoms with E-state index in [0.717, 1.165) is 0 Å². The van der Waals surface area contributed by atoms with Gasteiger partial charge in [0.2, 0.25) is 0 Å². The number of methoxy groups -OCH3 is 2. The van der Waals surface area contributed by atoms with Crippen LogP contribution in [0.5, 0.6) is 11.5 Å². The molecule has 2 unspecified atom stereocenters. The van der Waals surface area contributed by atoms with E-state index >= 15 is 0 Å². The van der Waals surface area contributed by atoms with Crippen LogP contribution in [-0.2, 0) is 9.47 Å². The smallest absolute Gasteiger partial charge is 0.341 e. The minimum atomic E-state index is -1.29. The van der Waals surface area contributed by atoms with Gasteiger partial charge in [-0.2, -0.15) is 0 Å². The Morgan fingerprint density at radius 1 is 0.964 bits per heavy atom. The molecule has 0 aliphatic rings. The van der Waals surface area contributed by atoms with Crippen LogP contribution in [0.2, 0.25) is 0 Å². The van der Waals surface area contributed by atoms with E-state index < -0.39 is 30.6 Å². The van der Waals surface area contributed by atoms with Crippen LogP contribution in [0.1, 0.15) is 32.2 Å². The Morgan fingerprint density at radius 2 is 1.57 bits per heavy atom. The number of phenolic OH excluding ortho intramolecular Hbond substituents is 1. The summed E-state index contributed by atoms with van der Waals surface area (Å²) in [6, 6.07) is 10.8. The van der Waals surface area contributed by atoms with Crippen LogP contribution in [0.4, 0.5) is 0 Å². The van der Waals surface area contributed by atoms with Crippen LogP contribution in [0.15, 0.2) is 42.5 Å². The minimum Gasteiger partial charge on any atom is -0.507 e. The minimum absolute atomic E-state index is 0.0786. The number of aliphatic hydroxyl groups excluding tert-OH is 2. The number of para-hydroxylation sites is 2. The molecule has 3 N–H and O–H groups in total. The zero-order chi connectivity index (χ0) is 20.7. The number of phenols is 1. The molecule has 2 aromatic rings. The summed E-state index contributed by atoms with van der Waals surface area (Å²) < 4.78 is 15.0. The molecule has 0 amide bonds. The molecular weight excluding hydrogens is 368 g/mol. The number of carbonyl (C=O) groups is 2. The van der Waals surface area contributed by atoms with E-state index in [1.54, 1.807) is 18.2 Å². The van der Waals surface area contributed by atoms with Gasteiger partial charge >= 0.3 is 11.9 Å². The molecule has 2 aromatic carbocycles. The Hall–Kier alpha value is -3.10. The Balaban J connectivity index is 2.35. The molecule has 0 saturated carbocycles. The molecule has 0 bridgehead atoms. The molecule has 2 atom stereocenters. The number of hydrogen-bond donors (Lipinski definition) is 3. The third-order valence-electron chi connectivity index (χ3n) is 4.23. The highest BCUT2D eigenvalue weighted by atomic mass is 16.5. The summed E-state index contributed by atoms with van der Waals surface area (Å²) in [4.78, 5) is 23.7. The number of carbonyl (C=O) groups excluding carboxylic acids is 2. The maximum Gasteiger partial charge on any atom is 0.341 e. The van der Waals surface area contributed by atoms with E-state index in [1.165, 1.54) is 38.5 Å². The predicted octanol–water partition coefficient (Wildman–Crippen LogP) is 1.48. The quantitative estimate of drug-likeness (QED) is 0.580. The molecule has 8 nitrogen and oxygen atoms in total. The fraction of sp³-hybridized carbons (Fsp3) is 0.300. The van der Waals surface area contributed by atoms with Crippen molar-refractivity contribution in [3.8, 4) is 11.5 Å². The predicted molar refractivity (Wildman–Crippen MR) is 98.6 cm³/mol. The Labute approximate surface area is 161 Å². The largest absolute Gasteiger partial charge is 0.507 e. The van der Waals surface area contributed by atoms with E-state index in [-0.39, 0.29) is 34.8 Å². The highest BCUT2D eigenvalue weighted by molar-refractivity contribution is 5.93. The van der Waals surface area contributed by atoms with Crippen molar-refractivity contribution < 1.29 is 39.1 Å². The lowest BCUT2D eigenvalue weighted by molar-refractivity contribution is 0.0529. The van der Waals surface area contributed by atoms with E-state index in [1.807, 2.05) is 0 Å². The van der Waals surface area contributed by atoms with Gasteiger partial charge in [-0.05, 0) is 18.2 Å². The van der Waals surface area contributed by atoms with Gasteiger partial charge in [-0.1, -0.05) is 24.3 Å². The van der Waals surface area contributed by atoms with E-state index in [9.17, 15) is 24.9 Å². The van der Waals surface area contributed by atoms with Crippen molar-refractivity contribution in [2.45, 2.75) is 12.0 Å². The second-order valence-electron chi connectivity index (χ2n) is 5.89. The number of hydrogen-bond acceptors (Lipinski definition) is 8. The third-order valence-corrected chi connectivity index (χ3v) is 4.23. The average molecular weight is 390 g/mol. The zero-order valence-corrected chi connectivity index (χ0v) is 15.5. The molecule has 0 spiro atoms. The lowest BCUT2D eigenvalue weighted by atomic mass is 9.92. The van der Waals surface area contributed by atoms with Gasteiger partial charge in [0, 0.05) is 5.56 Å². The molecular formula is C20H22O8. The van der Waals surface area contributed by atoms with Crippen LogP contribution in [0.25, 0.3) is 0 Å². The number of ether oxygens (including phenoxy) is 3. The average Bonchev–Trinajstić information content (AvgIpc) is 2.73. The van der Waals surface area contributed by atoms with Crippen LogP contribution in [0.3, 0.4) is 0 Å². The molecule has 0 aliphatic carbocycles. The monoisotopic (exact) mass is 390 g/mol. The van der Waals surface area contributed by atoms with Crippen molar-refractivity contribution in [3.63, 3.8) is 0 Å². The number of esters is 2. The van der Waals surface area contributed by atoms with Crippen molar-refractivity contribution in [1.82, 2.24) is 0 Å². The van der Waals surface area contributed by atoms with Gasteiger partial charge in [-0.15, -0.1) is 0 Å². The van der Waals surface area contributed by atoms with Gasteiger partial charge in [0.1, 0.15) is 22.6 Å². The first-order chi connectivity index (χ1) is 13.4. The second-order valence-corrected chi connectivity index (χ2v) is 5.89. The number of benzene rings is 2. The summed E-state index contributed by atoms with van der Waals surface area (Å²) in [6.07, 6.45) is -1.29.